The zero-order valence-electron chi connectivity index (χ0n) is 13.5. The zero-order valence-corrected chi connectivity index (χ0v) is 15.2. The molecule has 0 radical (unpaired) electrons. The van der Waals surface area contributed by atoms with E-state index in [0.717, 1.165) is 21.3 Å². The Morgan fingerprint density at radius 3 is 2.75 bits per heavy atom. The van der Waals surface area contributed by atoms with Gasteiger partial charge in [-0.25, -0.2) is 0 Å². The SMILES string of the molecule is COC(=O)Cn1c(=NC(=O)c2cccs2)sc2c(C)cc(C)cc21. The first-order valence-corrected chi connectivity index (χ1v) is 8.99. The smallest absolute Gasteiger partial charge is 0.325 e. The second-order valence-electron chi connectivity index (χ2n) is 5.37. The van der Waals surface area contributed by atoms with Gasteiger partial charge < -0.3 is 9.30 Å². The van der Waals surface area contributed by atoms with E-state index in [4.69, 9.17) is 4.74 Å². The fraction of sp³-hybridized carbons (Fsp3) is 0.235. The lowest BCUT2D eigenvalue weighted by atomic mass is 10.1. The fourth-order valence-corrected chi connectivity index (χ4v) is 4.17. The number of thiophene rings is 1. The van der Waals surface area contributed by atoms with Crippen LogP contribution in [0.15, 0.2) is 34.6 Å². The molecule has 0 aliphatic rings. The molecule has 3 rings (SSSR count). The zero-order chi connectivity index (χ0) is 17.3. The van der Waals surface area contributed by atoms with Crippen molar-refractivity contribution in [3.63, 3.8) is 0 Å². The summed E-state index contributed by atoms with van der Waals surface area (Å²) >= 11 is 2.76. The van der Waals surface area contributed by atoms with E-state index in [0.29, 0.717) is 9.68 Å². The number of ether oxygens (including phenoxy) is 1. The number of esters is 1. The highest BCUT2D eigenvalue weighted by atomic mass is 32.1. The third-order valence-electron chi connectivity index (χ3n) is 3.56. The van der Waals surface area contributed by atoms with Gasteiger partial charge in [0, 0.05) is 0 Å². The number of fused-ring (bicyclic) bond motifs is 1. The normalized spacial score (nSPS) is 11.9. The summed E-state index contributed by atoms with van der Waals surface area (Å²) in [5.74, 6) is -0.677. The molecule has 24 heavy (non-hydrogen) atoms. The largest absolute Gasteiger partial charge is 0.468 e. The highest BCUT2D eigenvalue weighted by molar-refractivity contribution is 7.16. The Morgan fingerprint density at radius 1 is 1.29 bits per heavy atom. The number of aromatic nitrogens is 1. The van der Waals surface area contributed by atoms with E-state index in [9.17, 15) is 9.59 Å². The number of methoxy groups -OCH3 is 1. The predicted molar refractivity (Wildman–Crippen MR) is 95.5 cm³/mol. The Hall–Kier alpha value is -2.25. The number of amides is 1. The monoisotopic (exact) mass is 360 g/mol. The van der Waals surface area contributed by atoms with Gasteiger partial charge in [-0.15, -0.1) is 11.3 Å². The second-order valence-corrected chi connectivity index (χ2v) is 7.30. The fourth-order valence-electron chi connectivity index (χ4n) is 2.49. The maximum absolute atomic E-state index is 12.3. The molecular weight excluding hydrogens is 344 g/mol. The number of carbonyl (C=O) groups excluding carboxylic acids is 2. The molecule has 1 amide bonds. The van der Waals surface area contributed by atoms with Gasteiger partial charge in [0.25, 0.3) is 5.91 Å². The van der Waals surface area contributed by atoms with Crippen LogP contribution in [0.1, 0.15) is 20.8 Å². The summed E-state index contributed by atoms with van der Waals surface area (Å²) in [6, 6.07) is 7.63. The van der Waals surface area contributed by atoms with Gasteiger partial charge in [-0.05, 0) is 42.5 Å². The van der Waals surface area contributed by atoms with Crippen LogP contribution in [0.25, 0.3) is 10.2 Å². The highest BCUT2D eigenvalue weighted by Crippen LogP contribution is 2.23. The van der Waals surface area contributed by atoms with Gasteiger partial charge in [-0.3, -0.25) is 9.59 Å². The van der Waals surface area contributed by atoms with E-state index < -0.39 is 0 Å². The number of benzene rings is 1. The van der Waals surface area contributed by atoms with E-state index >= 15 is 0 Å². The van der Waals surface area contributed by atoms with E-state index in [1.807, 2.05) is 31.4 Å². The number of hydrogen-bond donors (Lipinski definition) is 0. The van der Waals surface area contributed by atoms with E-state index in [2.05, 4.69) is 11.1 Å². The van der Waals surface area contributed by atoms with Crippen molar-refractivity contribution in [2.75, 3.05) is 7.11 Å². The second kappa shape index (κ2) is 6.70. The summed E-state index contributed by atoms with van der Waals surface area (Å²) in [4.78, 5) is 29.4. The average molecular weight is 360 g/mol. The van der Waals surface area contributed by atoms with Gasteiger partial charge in [0.2, 0.25) is 0 Å². The molecule has 0 fully saturated rings. The third-order valence-corrected chi connectivity index (χ3v) is 5.65. The number of carbonyl (C=O) groups is 2. The van der Waals surface area contributed by atoms with Crippen LogP contribution >= 0.6 is 22.7 Å². The Bertz CT molecular complexity index is 981. The minimum absolute atomic E-state index is 0.0238. The number of rotatable bonds is 3. The Balaban J connectivity index is 2.22. The van der Waals surface area contributed by atoms with Crippen molar-refractivity contribution in [1.82, 2.24) is 4.57 Å². The molecule has 7 heteroatoms. The van der Waals surface area contributed by atoms with Crippen molar-refractivity contribution < 1.29 is 14.3 Å². The van der Waals surface area contributed by atoms with Gasteiger partial charge in [-0.1, -0.05) is 23.5 Å². The van der Waals surface area contributed by atoms with Crippen LogP contribution in [-0.2, 0) is 16.1 Å². The molecule has 0 N–H and O–H groups in total. The van der Waals surface area contributed by atoms with Crippen molar-refractivity contribution >= 4 is 44.8 Å². The van der Waals surface area contributed by atoms with Crippen molar-refractivity contribution in [3.05, 3.63) is 50.5 Å². The lowest BCUT2D eigenvalue weighted by Crippen LogP contribution is -2.22. The molecule has 0 saturated carbocycles. The van der Waals surface area contributed by atoms with Gasteiger partial charge in [-0.2, -0.15) is 4.99 Å². The van der Waals surface area contributed by atoms with E-state index in [1.54, 1.807) is 10.6 Å². The predicted octanol–water partition coefficient (Wildman–Crippen LogP) is 3.30. The lowest BCUT2D eigenvalue weighted by Gasteiger charge is -2.05. The summed E-state index contributed by atoms with van der Waals surface area (Å²) in [6.07, 6.45) is 0. The molecule has 0 bridgehead atoms. The van der Waals surface area contributed by atoms with Gasteiger partial charge in [0.1, 0.15) is 6.54 Å². The third kappa shape index (κ3) is 3.18. The Kier molecular flexibility index (Phi) is 4.64. The summed E-state index contributed by atoms with van der Waals surface area (Å²) < 4.78 is 7.55. The summed E-state index contributed by atoms with van der Waals surface area (Å²) in [5.41, 5.74) is 3.08. The van der Waals surface area contributed by atoms with Crippen LogP contribution in [0.4, 0.5) is 0 Å². The first-order chi connectivity index (χ1) is 11.5. The topological polar surface area (TPSA) is 60.7 Å². The molecule has 0 saturated heterocycles. The van der Waals surface area contributed by atoms with Crippen molar-refractivity contribution in [1.29, 1.82) is 0 Å². The molecule has 0 aliphatic carbocycles. The first kappa shape index (κ1) is 16.6. The van der Waals surface area contributed by atoms with Crippen molar-refractivity contribution in [2.24, 2.45) is 4.99 Å². The molecule has 2 heterocycles. The van der Waals surface area contributed by atoms with Crippen LogP contribution in [0.5, 0.6) is 0 Å². The molecule has 0 spiro atoms. The van der Waals surface area contributed by atoms with Gasteiger partial charge >= 0.3 is 5.97 Å². The van der Waals surface area contributed by atoms with E-state index in [1.165, 1.54) is 29.8 Å². The lowest BCUT2D eigenvalue weighted by molar-refractivity contribution is -0.141. The molecule has 1 aromatic carbocycles. The van der Waals surface area contributed by atoms with Crippen LogP contribution < -0.4 is 4.80 Å². The number of nitrogens with zero attached hydrogens (tertiary/aromatic N) is 2. The van der Waals surface area contributed by atoms with Crippen LogP contribution in [0, 0.1) is 13.8 Å². The highest BCUT2D eigenvalue weighted by Gasteiger charge is 2.14. The maximum atomic E-state index is 12.3. The molecule has 124 valence electrons. The summed E-state index contributed by atoms with van der Waals surface area (Å²) in [7, 11) is 1.35. The molecule has 3 aromatic rings. The van der Waals surface area contributed by atoms with Gasteiger partial charge in [0.05, 0.1) is 22.2 Å². The summed E-state index contributed by atoms with van der Waals surface area (Å²) in [5, 5.41) is 1.84. The summed E-state index contributed by atoms with van der Waals surface area (Å²) in [6.45, 7) is 4.04. The van der Waals surface area contributed by atoms with Crippen molar-refractivity contribution in [2.45, 2.75) is 20.4 Å². The maximum Gasteiger partial charge on any atom is 0.325 e. The average Bonchev–Trinajstić information content (AvgIpc) is 3.17. The number of thiazole rings is 1. The number of aryl methyl sites for hydroxylation is 2. The quantitative estimate of drug-likeness (QED) is 0.673. The van der Waals surface area contributed by atoms with Gasteiger partial charge in [0.15, 0.2) is 4.80 Å². The minimum Gasteiger partial charge on any atom is -0.468 e. The Morgan fingerprint density at radius 2 is 2.08 bits per heavy atom. The van der Waals surface area contributed by atoms with Crippen LogP contribution in [-0.4, -0.2) is 23.6 Å². The van der Waals surface area contributed by atoms with Crippen LogP contribution in [0.3, 0.4) is 0 Å². The molecule has 0 aliphatic heterocycles. The Labute approximate surface area is 146 Å². The number of hydrogen-bond acceptors (Lipinski definition) is 5. The standard InChI is InChI=1S/C17H16N2O3S2/c1-10-7-11(2)15-12(8-10)19(9-14(20)22-3)17(24-15)18-16(21)13-5-4-6-23-13/h4-8H,9H2,1-3H3. The van der Waals surface area contributed by atoms with E-state index in [-0.39, 0.29) is 18.4 Å². The molecular formula is C17H16N2O3S2. The molecule has 5 nitrogen and oxygen atoms in total. The first-order valence-electron chi connectivity index (χ1n) is 7.29. The van der Waals surface area contributed by atoms with Crippen molar-refractivity contribution in [3.8, 4) is 0 Å². The molecule has 0 unspecified atom stereocenters. The minimum atomic E-state index is -0.376. The molecule has 0 atom stereocenters. The van der Waals surface area contributed by atoms with Crippen LogP contribution in [0.2, 0.25) is 0 Å². The molecule has 2 aromatic heterocycles.